The molecule has 3 nitrogen and oxygen atoms in total. The minimum Gasteiger partial charge on any atom is -0.493 e. The number of ether oxygens (including phenoxy) is 2. The Hall–Kier alpha value is -2.29. The van der Waals surface area contributed by atoms with Crippen LogP contribution in [0.25, 0.3) is 0 Å². The average molecular weight is 270 g/mol. The van der Waals surface area contributed by atoms with Gasteiger partial charge in [-0.25, -0.2) is 0 Å². The lowest BCUT2D eigenvalue weighted by molar-refractivity contribution is 0.111. The number of carbonyl (C=O) groups excluding carboxylic acids is 1. The van der Waals surface area contributed by atoms with Crippen LogP contribution in [0.4, 0.5) is 0 Å². The summed E-state index contributed by atoms with van der Waals surface area (Å²) in [6, 6.07) is 15.3. The summed E-state index contributed by atoms with van der Waals surface area (Å²) in [6.45, 7) is 3.06. The molecule has 2 rings (SSSR count). The zero-order chi connectivity index (χ0) is 14.2. The van der Waals surface area contributed by atoms with Gasteiger partial charge in [0, 0.05) is 6.42 Å². The second kappa shape index (κ2) is 7.34. The number of benzene rings is 2. The van der Waals surface area contributed by atoms with Gasteiger partial charge in [0.25, 0.3) is 0 Å². The van der Waals surface area contributed by atoms with E-state index in [9.17, 15) is 4.79 Å². The Morgan fingerprint density at radius 2 is 1.75 bits per heavy atom. The van der Waals surface area contributed by atoms with Crippen LogP contribution in [0.2, 0.25) is 0 Å². The zero-order valence-electron chi connectivity index (χ0n) is 11.5. The quantitative estimate of drug-likeness (QED) is 0.569. The van der Waals surface area contributed by atoms with E-state index in [1.54, 1.807) is 0 Å². The van der Waals surface area contributed by atoms with Crippen LogP contribution in [0, 0.1) is 6.92 Å². The van der Waals surface area contributed by atoms with Crippen molar-refractivity contribution in [3.8, 4) is 11.5 Å². The molecule has 0 aliphatic carbocycles. The SMILES string of the molecule is Cc1ccc(OCCCOc2ccccc2)c(C=O)c1. The third-order valence-electron chi connectivity index (χ3n) is 2.85. The molecule has 0 bridgehead atoms. The van der Waals surface area contributed by atoms with Gasteiger partial charge in [0.15, 0.2) is 6.29 Å². The number of hydrogen-bond acceptors (Lipinski definition) is 3. The van der Waals surface area contributed by atoms with Crippen molar-refractivity contribution in [2.45, 2.75) is 13.3 Å². The maximum Gasteiger partial charge on any atom is 0.153 e. The van der Waals surface area contributed by atoms with Gasteiger partial charge in [-0.3, -0.25) is 4.79 Å². The Morgan fingerprint density at radius 3 is 2.50 bits per heavy atom. The van der Waals surface area contributed by atoms with Crippen LogP contribution in [-0.2, 0) is 0 Å². The second-order valence-electron chi connectivity index (χ2n) is 4.52. The molecule has 0 unspecified atom stereocenters. The number of rotatable bonds is 7. The van der Waals surface area contributed by atoms with Gasteiger partial charge in [-0.15, -0.1) is 0 Å². The molecular weight excluding hydrogens is 252 g/mol. The van der Waals surface area contributed by atoms with E-state index in [1.807, 2.05) is 55.5 Å². The molecule has 0 aromatic heterocycles. The fourth-order valence-corrected chi connectivity index (χ4v) is 1.84. The van der Waals surface area contributed by atoms with Crippen LogP contribution >= 0.6 is 0 Å². The molecule has 0 N–H and O–H groups in total. The molecule has 0 saturated carbocycles. The molecule has 20 heavy (non-hydrogen) atoms. The number of hydrogen-bond donors (Lipinski definition) is 0. The lowest BCUT2D eigenvalue weighted by Crippen LogP contribution is -2.06. The maximum atomic E-state index is 10.9. The van der Waals surface area contributed by atoms with Crippen molar-refractivity contribution in [3.05, 3.63) is 59.7 Å². The largest absolute Gasteiger partial charge is 0.493 e. The molecule has 0 saturated heterocycles. The first kappa shape index (κ1) is 14.1. The maximum absolute atomic E-state index is 10.9. The molecular formula is C17H18O3. The van der Waals surface area contributed by atoms with Crippen molar-refractivity contribution in [2.24, 2.45) is 0 Å². The van der Waals surface area contributed by atoms with Gasteiger partial charge in [0.05, 0.1) is 18.8 Å². The summed E-state index contributed by atoms with van der Waals surface area (Å²) in [6.07, 6.45) is 1.59. The average Bonchev–Trinajstić information content (AvgIpc) is 2.49. The second-order valence-corrected chi connectivity index (χ2v) is 4.52. The van der Waals surface area contributed by atoms with Gasteiger partial charge in [0.2, 0.25) is 0 Å². The van der Waals surface area contributed by atoms with Crippen molar-refractivity contribution < 1.29 is 14.3 Å². The molecule has 104 valence electrons. The van der Waals surface area contributed by atoms with Gasteiger partial charge in [0.1, 0.15) is 11.5 Å². The molecule has 2 aromatic rings. The summed E-state index contributed by atoms with van der Waals surface area (Å²) in [5, 5.41) is 0. The highest BCUT2D eigenvalue weighted by Crippen LogP contribution is 2.18. The third-order valence-corrected chi connectivity index (χ3v) is 2.85. The Morgan fingerprint density at radius 1 is 1.00 bits per heavy atom. The van der Waals surface area contributed by atoms with Crippen LogP contribution in [0.1, 0.15) is 22.3 Å². The number of aryl methyl sites for hydroxylation is 1. The summed E-state index contributed by atoms with van der Waals surface area (Å²) in [5.74, 6) is 1.49. The molecule has 0 spiro atoms. The fourth-order valence-electron chi connectivity index (χ4n) is 1.84. The number of aldehydes is 1. The summed E-state index contributed by atoms with van der Waals surface area (Å²) in [7, 11) is 0. The van der Waals surface area contributed by atoms with E-state index >= 15 is 0 Å². The van der Waals surface area contributed by atoms with Crippen LogP contribution in [0.3, 0.4) is 0 Å². The Bertz CT molecular complexity index is 549. The highest BCUT2D eigenvalue weighted by Gasteiger charge is 2.02. The molecule has 0 aliphatic heterocycles. The van der Waals surface area contributed by atoms with Crippen LogP contribution < -0.4 is 9.47 Å². The van der Waals surface area contributed by atoms with E-state index in [4.69, 9.17) is 9.47 Å². The van der Waals surface area contributed by atoms with Crippen molar-refractivity contribution in [3.63, 3.8) is 0 Å². The normalized spacial score (nSPS) is 10.1. The molecule has 3 heteroatoms. The van der Waals surface area contributed by atoms with Gasteiger partial charge in [-0.1, -0.05) is 29.8 Å². The first-order valence-electron chi connectivity index (χ1n) is 6.66. The minimum absolute atomic E-state index is 0.525. The predicted octanol–water partition coefficient (Wildman–Crippen LogP) is 3.66. The molecule has 2 aromatic carbocycles. The van der Waals surface area contributed by atoms with E-state index in [0.29, 0.717) is 24.5 Å². The van der Waals surface area contributed by atoms with Crippen molar-refractivity contribution in [1.82, 2.24) is 0 Å². The van der Waals surface area contributed by atoms with Gasteiger partial charge >= 0.3 is 0 Å². The Balaban J connectivity index is 1.75. The number of para-hydroxylation sites is 1. The predicted molar refractivity (Wildman–Crippen MR) is 78.6 cm³/mol. The Labute approximate surface area is 119 Å². The summed E-state index contributed by atoms with van der Waals surface area (Å²) >= 11 is 0. The molecule has 0 heterocycles. The smallest absolute Gasteiger partial charge is 0.153 e. The van der Waals surface area contributed by atoms with E-state index in [1.165, 1.54) is 0 Å². The highest BCUT2D eigenvalue weighted by molar-refractivity contribution is 5.79. The number of carbonyl (C=O) groups is 1. The van der Waals surface area contributed by atoms with Crippen molar-refractivity contribution in [2.75, 3.05) is 13.2 Å². The topological polar surface area (TPSA) is 35.5 Å². The van der Waals surface area contributed by atoms with E-state index in [-0.39, 0.29) is 0 Å². The monoisotopic (exact) mass is 270 g/mol. The highest BCUT2D eigenvalue weighted by atomic mass is 16.5. The lowest BCUT2D eigenvalue weighted by Gasteiger charge is -2.10. The molecule has 0 atom stereocenters. The minimum atomic E-state index is 0.525. The van der Waals surface area contributed by atoms with E-state index in [2.05, 4.69) is 0 Å². The van der Waals surface area contributed by atoms with Gasteiger partial charge < -0.3 is 9.47 Å². The zero-order valence-corrected chi connectivity index (χ0v) is 11.5. The fraction of sp³-hybridized carbons (Fsp3) is 0.235. The first-order valence-corrected chi connectivity index (χ1v) is 6.66. The summed E-state index contributed by atoms with van der Waals surface area (Å²) in [4.78, 5) is 10.9. The van der Waals surface area contributed by atoms with Gasteiger partial charge in [-0.2, -0.15) is 0 Å². The van der Waals surface area contributed by atoms with Crippen LogP contribution in [0.15, 0.2) is 48.5 Å². The standard InChI is InChI=1S/C17H18O3/c1-14-8-9-17(15(12-14)13-18)20-11-5-10-19-16-6-3-2-4-7-16/h2-4,6-9,12-13H,5,10-11H2,1H3. The Kier molecular flexibility index (Phi) is 5.18. The van der Waals surface area contributed by atoms with Gasteiger partial charge in [-0.05, 0) is 31.2 Å². The van der Waals surface area contributed by atoms with E-state index in [0.717, 1.165) is 24.0 Å². The summed E-state index contributed by atoms with van der Waals surface area (Å²) < 4.78 is 11.2. The lowest BCUT2D eigenvalue weighted by atomic mass is 10.1. The molecule has 0 amide bonds. The first-order chi connectivity index (χ1) is 9.79. The molecule has 0 fully saturated rings. The third kappa shape index (κ3) is 4.12. The van der Waals surface area contributed by atoms with Crippen LogP contribution in [-0.4, -0.2) is 19.5 Å². The van der Waals surface area contributed by atoms with Crippen molar-refractivity contribution >= 4 is 6.29 Å². The van der Waals surface area contributed by atoms with Crippen LogP contribution in [0.5, 0.6) is 11.5 Å². The van der Waals surface area contributed by atoms with Crippen molar-refractivity contribution in [1.29, 1.82) is 0 Å². The van der Waals surface area contributed by atoms with E-state index < -0.39 is 0 Å². The molecule has 0 radical (unpaired) electrons. The molecule has 0 aliphatic rings. The summed E-state index contributed by atoms with van der Waals surface area (Å²) in [5.41, 5.74) is 1.64.